The third kappa shape index (κ3) is 4.60. The van der Waals surface area contributed by atoms with E-state index in [0.29, 0.717) is 18.8 Å². The quantitative estimate of drug-likeness (QED) is 0.773. The van der Waals surface area contributed by atoms with Crippen LogP contribution >= 0.6 is 11.6 Å². The van der Waals surface area contributed by atoms with Crippen LogP contribution in [0.1, 0.15) is 19.4 Å². The van der Waals surface area contributed by atoms with Crippen molar-refractivity contribution in [2.24, 2.45) is 0 Å². The number of carbonyl (C=O) groups is 1. The summed E-state index contributed by atoms with van der Waals surface area (Å²) < 4.78 is 40.2. The summed E-state index contributed by atoms with van der Waals surface area (Å²) in [6, 6.07) is 10.2. The molecule has 0 atom stereocenters. The Balaban J connectivity index is 2.20. The molecule has 0 heterocycles. The highest BCUT2D eigenvalue weighted by Crippen LogP contribution is 2.22. The summed E-state index contributed by atoms with van der Waals surface area (Å²) in [5.74, 6) is -1.06. The average molecular weight is 399 g/mol. The molecule has 0 aliphatic heterocycles. The summed E-state index contributed by atoms with van der Waals surface area (Å²) in [5.41, 5.74) is 0.411. The van der Waals surface area contributed by atoms with Gasteiger partial charge < -0.3 is 5.32 Å². The molecule has 2 rings (SSSR count). The van der Waals surface area contributed by atoms with E-state index in [1.54, 1.807) is 26.0 Å². The Hall–Kier alpha value is -1.96. The van der Waals surface area contributed by atoms with Crippen LogP contribution in [-0.4, -0.2) is 31.7 Å². The SMILES string of the molecule is CCN(CC)S(=O)(=O)c1cccc(NC(=O)Cc2c(F)cccc2Cl)c1. The van der Waals surface area contributed by atoms with Gasteiger partial charge in [0.15, 0.2) is 0 Å². The van der Waals surface area contributed by atoms with Gasteiger partial charge in [0.1, 0.15) is 5.82 Å². The fraction of sp³-hybridized carbons (Fsp3) is 0.278. The molecule has 0 bridgehead atoms. The first-order valence-electron chi connectivity index (χ1n) is 8.12. The molecule has 0 aliphatic carbocycles. The second-order valence-corrected chi connectivity index (χ2v) is 7.89. The second kappa shape index (κ2) is 8.62. The van der Waals surface area contributed by atoms with Crippen molar-refractivity contribution in [3.05, 3.63) is 58.9 Å². The number of benzene rings is 2. The molecule has 0 aliphatic rings. The number of hydrogen-bond donors (Lipinski definition) is 1. The standard InChI is InChI=1S/C18H20ClFN2O3S/c1-3-22(4-2)26(24,25)14-8-5-7-13(11-14)21-18(23)12-15-16(19)9-6-10-17(15)20/h5-11H,3-4,12H2,1-2H3,(H,21,23). The van der Waals surface area contributed by atoms with Crippen molar-refractivity contribution in [3.8, 4) is 0 Å². The first-order chi connectivity index (χ1) is 12.3. The van der Waals surface area contributed by atoms with Crippen molar-refractivity contribution < 1.29 is 17.6 Å². The van der Waals surface area contributed by atoms with Crippen LogP contribution in [0, 0.1) is 5.82 Å². The molecule has 26 heavy (non-hydrogen) atoms. The number of amides is 1. The van der Waals surface area contributed by atoms with Gasteiger partial charge in [0.25, 0.3) is 0 Å². The first-order valence-corrected chi connectivity index (χ1v) is 9.94. The highest BCUT2D eigenvalue weighted by molar-refractivity contribution is 7.89. The summed E-state index contributed by atoms with van der Waals surface area (Å²) in [5, 5.41) is 2.75. The molecule has 0 saturated carbocycles. The first kappa shape index (κ1) is 20.4. The third-order valence-electron chi connectivity index (χ3n) is 3.86. The molecule has 1 amide bonds. The lowest BCUT2D eigenvalue weighted by molar-refractivity contribution is -0.115. The third-order valence-corrected chi connectivity index (χ3v) is 6.26. The summed E-state index contributed by atoms with van der Waals surface area (Å²) in [6.45, 7) is 4.21. The fourth-order valence-corrected chi connectivity index (χ4v) is 4.25. The Kier molecular flexibility index (Phi) is 6.75. The molecule has 1 N–H and O–H groups in total. The lowest BCUT2D eigenvalue weighted by Gasteiger charge is -2.18. The Morgan fingerprint density at radius 2 is 1.81 bits per heavy atom. The number of hydrogen-bond acceptors (Lipinski definition) is 3. The molecule has 0 unspecified atom stereocenters. The zero-order chi connectivity index (χ0) is 19.3. The highest BCUT2D eigenvalue weighted by Gasteiger charge is 2.22. The van der Waals surface area contributed by atoms with Crippen LogP contribution in [0.4, 0.5) is 10.1 Å². The predicted octanol–water partition coefficient (Wildman–Crippen LogP) is 3.69. The Labute approximate surface area is 157 Å². The van der Waals surface area contributed by atoms with Gasteiger partial charge in [0, 0.05) is 29.4 Å². The number of halogens is 2. The van der Waals surface area contributed by atoms with Crippen molar-refractivity contribution >= 4 is 33.2 Å². The van der Waals surface area contributed by atoms with Crippen LogP contribution < -0.4 is 5.32 Å². The van der Waals surface area contributed by atoms with E-state index in [2.05, 4.69) is 5.32 Å². The van der Waals surface area contributed by atoms with E-state index in [4.69, 9.17) is 11.6 Å². The van der Waals surface area contributed by atoms with Gasteiger partial charge in [-0.15, -0.1) is 0 Å². The van der Waals surface area contributed by atoms with E-state index in [1.165, 1.54) is 34.6 Å². The average Bonchev–Trinajstić information content (AvgIpc) is 2.59. The van der Waals surface area contributed by atoms with E-state index in [-0.39, 0.29) is 21.9 Å². The Bertz CT molecular complexity index is 879. The van der Waals surface area contributed by atoms with Gasteiger partial charge in [-0.1, -0.05) is 37.6 Å². The van der Waals surface area contributed by atoms with E-state index < -0.39 is 21.7 Å². The minimum absolute atomic E-state index is 0.0860. The Morgan fingerprint density at radius 3 is 2.42 bits per heavy atom. The summed E-state index contributed by atoms with van der Waals surface area (Å²) in [6.07, 6.45) is -0.251. The van der Waals surface area contributed by atoms with Crippen LogP contribution in [-0.2, 0) is 21.2 Å². The van der Waals surface area contributed by atoms with Gasteiger partial charge in [0.05, 0.1) is 11.3 Å². The minimum Gasteiger partial charge on any atom is -0.326 e. The Morgan fingerprint density at radius 1 is 1.15 bits per heavy atom. The molecular formula is C18H20ClFN2O3S. The molecule has 0 spiro atoms. The molecule has 0 radical (unpaired) electrons. The van der Waals surface area contributed by atoms with Crippen LogP contribution in [0.15, 0.2) is 47.4 Å². The van der Waals surface area contributed by atoms with E-state index >= 15 is 0 Å². The van der Waals surface area contributed by atoms with Crippen LogP contribution in [0.2, 0.25) is 5.02 Å². The molecule has 2 aromatic rings. The number of nitrogens with one attached hydrogen (secondary N) is 1. The smallest absolute Gasteiger partial charge is 0.243 e. The summed E-state index contributed by atoms with van der Waals surface area (Å²) in [4.78, 5) is 12.3. The largest absolute Gasteiger partial charge is 0.326 e. The van der Waals surface area contributed by atoms with Crippen molar-refractivity contribution in [2.45, 2.75) is 25.2 Å². The zero-order valence-electron chi connectivity index (χ0n) is 14.5. The van der Waals surface area contributed by atoms with Gasteiger partial charge in [-0.25, -0.2) is 12.8 Å². The lowest BCUT2D eigenvalue weighted by Crippen LogP contribution is -2.30. The highest BCUT2D eigenvalue weighted by atomic mass is 35.5. The molecule has 0 saturated heterocycles. The zero-order valence-corrected chi connectivity index (χ0v) is 16.1. The van der Waals surface area contributed by atoms with Gasteiger partial charge in [-0.05, 0) is 30.3 Å². The molecule has 8 heteroatoms. The van der Waals surface area contributed by atoms with Crippen molar-refractivity contribution in [2.75, 3.05) is 18.4 Å². The summed E-state index contributed by atoms with van der Waals surface area (Å²) in [7, 11) is -3.63. The number of anilines is 1. The number of nitrogens with zero attached hydrogens (tertiary/aromatic N) is 1. The van der Waals surface area contributed by atoms with Crippen molar-refractivity contribution in [1.82, 2.24) is 4.31 Å². The van der Waals surface area contributed by atoms with E-state index in [0.717, 1.165) is 0 Å². The van der Waals surface area contributed by atoms with Crippen LogP contribution in [0.25, 0.3) is 0 Å². The number of carbonyl (C=O) groups excluding carboxylic acids is 1. The maximum absolute atomic E-state index is 13.8. The summed E-state index contributed by atoms with van der Waals surface area (Å²) >= 11 is 5.92. The molecule has 140 valence electrons. The van der Waals surface area contributed by atoms with Crippen LogP contribution in [0.5, 0.6) is 0 Å². The normalized spacial score (nSPS) is 11.6. The number of sulfonamides is 1. The molecule has 5 nitrogen and oxygen atoms in total. The van der Waals surface area contributed by atoms with Crippen LogP contribution in [0.3, 0.4) is 0 Å². The molecule has 2 aromatic carbocycles. The van der Waals surface area contributed by atoms with Crippen molar-refractivity contribution in [3.63, 3.8) is 0 Å². The van der Waals surface area contributed by atoms with Gasteiger partial charge >= 0.3 is 0 Å². The predicted molar refractivity (Wildman–Crippen MR) is 100 cm³/mol. The monoisotopic (exact) mass is 398 g/mol. The maximum Gasteiger partial charge on any atom is 0.243 e. The van der Waals surface area contributed by atoms with E-state index in [1.807, 2.05) is 0 Å². The topological polar surface area (TPSA) is 66.5 Å². The molecular weight excluding hydrogens is 379 g/mol. The van der Waals surface area contributed by atoms with Gasteiger partial charge in [-0.2, -0.15) is 4.31 Å². The van der Waals surface area contributed by atoms with Gasteiger partial charge in [0.2, 0.25) is 15.9 Å². The number of rotatable bonds is 7. The minimum atomic E-state index is -3.63. The molecule has 0 fully saturated rings. The van der Waals surface area contributed by atoms with E-state index in [9.17, 15) is 17.6 Å². The molecule has 0 aromatic heterocycles. The maximum atomic E-state index is 13.8. The van der Waals surface area contributed by atoms with Gasteiger partial charge in [-0.3, -0.25) is 4.79 Å². The fourth-order valence-electron chi connectivity index (χ4n) is 2.51. The lowest BCUT2D eigenvalue weighted by atomic mass is 10.1. The second-order valence-electron chi connectivity index (χ2n) is 5.54. The van der Waals surface area contributed by atoms with Crippen molar-refractivity contribution in [1.29, 1.82) is 0 Å².